The summed E-state index contributed by atoms with van der Waals surface area (Å²) >= 11 is 1.53. The molecule has 1 N–H and O–H groups in total. The van der Waals surface area contributed by atoms with Gasteiger partial charge in [0.2, 0.25) is 11.8 Å². The van der Waals surface area contributed by atoms with E-state index in [1.807, 2.05) is 31.2 Å². The molecule has 1 atom stereocenters. The number of nitrogens with one attached hydrogen (secondary N) is 1. The number of nitrogens with zero attached hydrogens (tertiary/aromatic N) is 1. The average molecular weight is 453 g/mol. The van der Waals surface area contributed by atoms with Gasteiger partial charge in [-0.15, -0.1) is 11.8 Å². The van der Waals surface area contributed by atoms with Gasteiger partial charge < -0.3 is 10.2 Å². The van der Waals surface area contributed by atoms with Gasteiger partial charge in [-0.1, -0.05) is 73.7 Å². The lowest BCUT2D eigenvalue weighted by Gasteiger charge is -2.32. The molecule has 2 amide bonds. The second-order valence-electron chi connectivity index (χ2n) is 8.88. The van der Waals surface area contributed by atoms with Crippen molar-refractivity contribution >= 4 is 23.6 Å². The number of hydrogen-bond donors (Lipinski definition) is 1. The Balaban J connectivity index is 1.74. The topological polar surface area (TPSA) is 49.4 Å². The smallest absolute Gasteiger partial charge is 0.243 e. The van der Waals surface area contributed by atoms with Crippen LogP contribution in [0.5, 0.6) is 0 Å². The number of hydrogen-bond acceptors (Lipinski definition) is 3. The Kier molecular flexibility index (Phi) is 9.22. The lowest BCUT2D eigenvalue weighted by atomic mass is 9.95. The molecule has 3 rings (SSSR count). The molecule has 0 saturated heterocycles. The van der Waals surface area contributed by atoms with Crippen molar-refractivity contribution in [2.75, 3.05) is 5.75 Å². The summed E-state index contributed by atoms with van der Waals surface area (Å²) in [6, 6.07) is 16.2. The second kappa shape index (κ2) is 12.1. The van der Waals surface area contributed by atoms with E-state index < -0.39 is 6.04 Å². The van der Waals surface area contributed by atoms with Gasteiger partial charge in [0.25, 0.3) is 0 Å². The Morgan fingerprint density at radius 1 is 1.03 bits per heavy atom. The van der Waals surface area contributed by atoms with Crippen LogP contribution in [0.4, 0.5) is 0 Å². The van der Waals surface area contributed by atoms with E-state index >= 15 is 0 Å². The molecular weight excluding hydrogens is 416 g/mol. The Bertz CT molecular complexity index is 891. The second-order valence-corrected chi connectivity index (χ2v) is 9.93. The summed E-state index contributed by atoms with van der Waals surface area (Å²) in [5.41, 5.74) is 3.42. The maximum atomic E-state index is 13.4. The standard InChI is InChI=1S/C27H36N2O2S/c1-4-25(27(31)28-23-11-6-5-7-12-23)29(18-22-10-8-9-21(3)17-22)26(30)19-32-24-15-13-20(2)14-16-24/h8-10,13-17,23,25H,4-7,11-12,18-19H2,1-3H3,(H,28,31)/t25-/m1/s1. The van der Waals surface area contributed by atoms with Crippen LogP contribution in [0.1, 0.15) is 62.1 Å². The first-order valence-corrected chi connectivity index (χ1v) is 12.8. The van der Waals surface area contributed by atoms with Crippen LogP contribution < -0.4 is 5.32 Å². The highest BCUT2D eigenvalue weighted by atomic mass is 32.2. The molecule has 2 aromatic carbocycles. The Hall–Kier alpha value is -2.27. The molecule has 1 saturated carbocycles. The predicted octanol–water partition coefficient (Wildman–Crippen LogP) is 5.65. The molecule has 5 heteroatoms. The van der Waals surface area contributed by atoms with Crippen LogP contribution in [-0.2, 0) is 16.1 Å². The number of thioether (sulfide) groups is 1. The Labute approximate surface area is 197 Å². The van der Waals surface area contributed by atoms with Crippen LogP contribution >= 0.6 is 11.8 Å². The summed E-state index contributed by atoms with van der Waals surface area (Å²) in [6.45, 7) is 6.55. The highest BCUT2D eigenvalue weighted by Crippen LogP contribution is 2.22. The molecule has 0 radical (unpaired) electrons. The van der Waals surface area contributed by atoms with Crippen molar-refractivity contribution in [3.63, 3.8) is 0 Å². The van der Waals surface area contributed by atoms with Crippen molar-refractivity contribution in [2.45, 2.75) is 82.8 Å². The van der Waals surface area contributed by atoms with Crippen molar-refractivity contribution in [1.29, 1.82) is 0 Å². The van der Waals surface area contributed by atoms with Crippen LogP contribution in [-0.4, -0.2) is 34.6 Å². The van der Waals surface area contributed by atoms with E-state index in [1.165, 1.54) is 36.6 Å². The van der Waals surface area contributed by atoms with Gasteiger partial charge in [0, 0.05) is 17.5 Å². The highest BCUT2D eigenvalue weighted by molar-refractivity contribution is 8.00. The minimum absolute atomic E-state index is 0.00252. The maximum Gasteiger partial charge on any atom is 0.243 e. The van der Waals surface area contributed by atoms with E-state index in [1.54, 1.807) is 4.90 Å². The minimum atomic E-state index is -0.455. The third kappa shape index (κ3) is 7.13. The van der Waals surface area contributed by atoms with Gasteiger partial charge in [0.15, 0.2) is 0 Å². The Morgan fingerprint density at radius 2 is 1.75 bits per heavy atom. The van der Waals surface area contributed by atoms with Gasteiger partial charge in [-0.3, -0.25) is 9.59 Å². The number of amides is 2. The molecule has 0 unspecified atom stereocenters. The van der Waals surface area contributed by atoms with Crippen LogP contribution in [0.3, 0.4) is 0 Å². The summed E-state index contributed by atoms with van der Waals surface area (Å²) in [5.74, 6) is 0.311. The molecule has 1 aliphatic rings. The molecule has 0 heterocycles. The van der Waals surface area contributed by atoms with Gasteiger partial charge in [-0.2, -0.15) is 0 Å². The van der Waals surface area contributed by atoms with E-state index in [9.17, 15) is 9.59 Å². The zero-order valence-electron chi connectivity index (χ0n) is 19.6. The molecular formula is C27H36N2O2S. The molecule has 0 aromatic heterocycles. The molecule has 0 spiro atoms. The fourth-order valence-electron chi connectivity index (χ4n) is 4.33. The maximum absolute atomic E-state index is 13.4. The summed E-state index contributed by atoms with van der Waals surface area (Å²) < 4.78 is 0. The first-order valence-electron chi connectivity index (χ1n) is 11.8. The number of aryl methyl sites for hydroxylation is 2. The molecule has 1 fully saturated rings. The SMILES string of the molecule is CC[C@H](C(=O)NC1CCCCC1)N(Cc1cccc(C)c1)C(=O)CSc1ccc(C)cc1. The minimum Gasteiger partial charge on any atom is -0.352 e. The van der Waals surface area contributed by atoms with Crippen molar-refractivity contribution < 1.29 is 9.59 Å². The van der Waals surface area contributed by atoms with E-state index in [0.717, 1.165) is 28.9 Å². The molecule has 4 nitrogen and oxygen atoms in total. The summed E-state index contributed by atoms with van der Waals surface area (Å²) in [4.78, 5) is 29.5. The highest BCUT2D eigenvalue weighted by Gasteiger charge is 2.30. The number of carbonyl (C=O) groups excluding carboxylic acids is 2. The molecule has 172 valence electrons. The number of benzene rings is 2. The lowest BCUT2D eigenvalue weighted by molar-refractivity contribution is -0.139. The molecule has 32 heavy (non-hydrogen) atoms. The monoisotopic (exact) mass is 452 g/mol. The molecule has 1 aliphatic carbocycles. The van der Waals surface area contributed by atoms with E-state index in [2.05, 4.69) is 43.4 Å². The van der Waals surface area contributed by atoms with Crippen LogP contribution in [0.2, 0.25) is 0 Å². The molecule has 2 aromatic rings. The van der Waals surface area contributed by atoms with Gasteiger partial charge in [-0.25, -0.2) is 0 Å². The van der Waals surface area contributed by atoms with Gasteiger partial charge >= 0.3 is 0 Å². The third-order valence-electron chi connectivity index (χ3n) is 6.16. The molecule has 0 aliphatic heterocycles. The number of carbonyl (C=O) groups is 2. The van der Waals surface area contributed by atoms with E-state index in [-0.39, 0.29) is 17.9 Å². The first kappa shape index (κ1) is 24.4. The van der Waals surface area contributed by atoms with Crippen molar-refractivity contribution in [3.05, 3.63) is 65.2 Å². The van der Waals surface area contributed by atoms with Crippen LogP contribution in [0.25, 0.3) is 0 Å². The summed E-state index contributed by atoms with van der Waals surface area (Å²) in [5, 5.41) is 3.24. The fourth-order valence-corrected chi connectivity index (χ4v) is 5.12. The lowest BCUT2D eigenvalue weighted by Crippen LogP contribution is -2.52. The average Bonchev–Trinajstić information content (AvgIpc) is 2.79. The normalized spacial score (nSPS) is 15.2. The largest absolute Gasteiger partial charge is 0.352 e. The van der Waals surface area contributed by atoms with E-state index in [0.29, 0.717) is 18.7 Å². The quantitative estimate of drug-likeness (QED) is 0.500. The first-order chi connectivity index (χ1) is 15.5. The fraction of sp³-hybridized carbons (Fsp3) is 0.481. The van der Waals surface area contributed by atoms with Gasteiger partial charge in [0.1, 0.15) is 6.04 Å². The number of rotatable bonds is 9. The van der Waals surface area contributed by atoms with Crippen molar-refractivity contribution in [1.82, 2.24) is 10.2 Å². The van der Waals surface area contributed by atoms with Crippen molar-refractivity contribution in [2.24, 2.45) is 0 Å². The molecule has 0 bridgehead atoms. The predicted molar refractivity (Wildman–Crippen MR) is 133 cm³/mol. The van der Waals surface area contributed by atoms with E-state index in [4.69, 9.17) is 0 Å². The third-order valence-corrected chi connectivity index (χ3v) is 7.15. The van der Waals surface area contributed by atoms with Crippen molar-refractivity contribution in [3.8, 4) is 0 Å². The van der Waals surface area contributed by atoms with Crippen LogP contribution in [0, 0.1) is 13.8 Å². The van der Waals surface area contributed by atoms with Crippen LogP contribution in [0.15, 0.2) is 53.4 Å². The van der Waals surface area contributed by atoms with Gasteiger partial charge in [-0.05, 0) is 50.8 Å². The summed E-state index contributed by atoms with van der Waals surface area (Å²) in [6.07, 6.45) is 6.26. The zero-order valence-corrected chi connectivity index (χ0v) is 20.4. The van der Waals surface area contributed by atoms with Gasteiger partial charge in [0.05, 0.1) is 5.75 Å². The summed E-state index contributed by atoms with van der Waals surface area (Å²) in [7, 11) is 0. The Morgan fingerprint density at radius 3 is 2.41 bits per heavy atom. The zero-order chi connectivity index (χ0) is 22.9.